The van der Waals surface area contributed by atoms with Crippen LogP contribution in [0.4, 0.5) is 0 Å². The summed E-state index contributed by atoms with van der Waals surface area (Å²) in [5.74, 6) is 1.87. The third-order valence-electron chi connectivity index (χ3n) is 3.14. The molecule has 0 bridgehead atoms. The van der Waals surface area contributed by atoms with Crippen molar-refractivity contribution in [2.45, 2.75) is 33.2 Å². The van der Waals surface area contributed by atoms with E-state index < -0.39 is 0 Å². The van der Waals surface area contributed by atoms with Crippen LogP contribution in [0.2, 0.25) is 0 Å². The van der Waals surface area contributed by atoms with E-state index in [0.29, 0.717) is 11.8 Å². The zero-order chi connectivity index (χ0) is 12.3. The van der Waals surface area contributed by atoms with Crippen LogP contribution in [0.5, 0.6) is 0 Å². The van der Waals surface area contributed by atoms with Gasteiger partial charge in [0.1, 0.15) is 0 Å². The fraction of sp³-hybridized carbons (Fsp3) is 0.462. The predicted octanol–water partition coefficient (Wildman–Crippen LogP) is 2.48. The molecule has 4 heteroatoms. The molecule has 0 fully saturated rings. The van der Waals surface area contributed by atoms with Gasteiger partial charge in [0.2, 0.25) is 0 Å². The van der Waals surface area contributed by atoms with E-state index in [1.54, 1.807) is 0 Å². The predicted molar refractivity (Wildman–Crippen MR) is 66.6 cm³/mol. The Hall–Kier alpha value is -1.71. The van der Waals surface area contributed by atoms with Gasteiger partial charge in [0, 0.05) is 5.92 Å². The van der Waals surface area contributed by atoms with Gasteiger partial charge in [-0.1, -0.05) is 51.1 Å². The lowest BCUT2D eigenvalue weighted by molar-refractivity contribution is 0.477. The Kier molecular flexibility index (Phi) is 3.52. The van der Waals surface area contributed by atoms with Crippen molar-refractivity contribution in [1.82, 2.24) is 20.2 Å². The second-order valence-corrected chi connectivity index (χ2v) is 4.71. The van der Waals surface area contributed by atoms with Crippen LogP contribution in [0.15, 0.2) is 30.3 Å². The van der Waals surface area contributed by atoms with Crippen molar-refractivity contribution >= 4 is 0 Å². The number of benzene rings is 1. The van der Waals surface area contributed by atoms with Gasteiger partial charge >= 0.3 is 0 Å². The molecule has 17 heavy (non-hydrogen) atoms. The number of tetrazole rings is 1. The van der Waals surface area contributed by atoms with Crippen LogP contribution in [0.3, 0.4) is 0 Å². The zero-order valence-corrected chi connectivity index (χ0v) is 10.5. The smallest absolute Gasteiger partial charge is 0.154 e. The molecule has 0 saturated carbocycles. The molecule has 1 unspecified atom stereocenters. The lowest BCUT2D eigenvalue weighted by Crippen LogP contribution is -2.13. The van der Waals surface area contributed by atoms with Gasteiger partial charge in [-0.3, -0.25) is 0 Å². The van der Waals surface area contributed by atoms with Crippen molar-refractivity contribution in [2.75, 3.05) is 0 Å². The number of rotatable bonds is 4. The fourth-order valence-corrected chi connectivity index (χ4v) is 1.70. The highest BCUT2D eigenvalue weighted by Crippen LogP contribution is 2.21. The molecule has 0 aliphatic carbocycles. The normalized spacial score (nSPS) is 12.9. The molecule has 0 N–H and O–H groups in total. The summed E-state index contributed by atoms with van der Waals surface area (Å²) in [5, 5.41) is 12.0. The monoisotopic (exact) mass is 230 g/mol. The largest absolute Gasteiger partial charge is 0.225 e. The molecule has 0 saturated heterocycles. The van der Waals surface area contributed by atoms with Gasteiger partial charge in [0.25, 0.3) is 0 Å². The minimum atomic E-state index is 0.369. The van der Waals surface area contributed by atoms with E-state index in [-0.39, 0.29) is 0 Å². The summed E-state index contributed by atoms with van der Waals surface area (Å²) in [5.41, 5.74) is 1.22. The molecule has 1 atom stereocenters. The van der Waals surface area contributed by atoms with Crippen molar-refractivity contribution in [3.8, 4) is 0 Å². The Morgan fingerprint density at radius 3 is 2.47 bits per heavy atom. The van der Waals surface area contributed by atoms with Crippen LogP contribution in [0, 0.1) is 5.92 Å². The molecular weight excluding hydrogens is 212 g/mol. The molecule has 1 aromatic heterocycles. The SMILES string of the molecule is CC(C)C(C)c1nnnn1Cc1ccccc1. The first-order chi connectivity index (χ1) is 8.18. The van der Waals surface area contributed by atoms with Crippen LogP contribution in [-0.2, 0) is 6.54 Å². The molecule has 0 radical (unpaired) electrons. The molecule has 1 heterocycles. The zero-order valence-electron chi connectivity index (χ0n) is 10.5. The lowest BCUT2D eigenvalue weighted by atomic mass is 9.97. The van der Waals surface area contributed by atoms with Gasteiger partial charge in [0.05, 0.1) is 6.54 Å². The van der Waals surface area contributed by atoms with E-state index in [1.807, 2.05) is 22.9 Å². The van der Waals surface area contributed by atoms with Crippen LogP contribution in [0.25, 0.3) is 0 Å². The molecule has 0 aliphatic heterocycles. The maximum Gasteiger partial charge on any atom is 0.154 e. The van der Waals surface area contributed by atoms with Crippen LogP contribution in [0.1, 0.15) is 38.1 Å². The highest BCUT2D eigenvalue weighted by atomic mass is 15.5. The maximum atomic E-state index is 4.14. The van der Waals surface area contributed by atoms with E-state index in [1.165, 1.54) is 5.56 Å². The quantitative estimate of drug-likeness (QED) is 0.810. The third kappa shape index (κ3) is 2.70. The van der Waals surface area contributed by atoms with E-state index in [9.17, 15) is 0 Å². The Labute approximate surface area is 102 Å². The molecule has 0 aliphatic rings. The Morgan fingerprint density at radius 1 is 1.12 bits per heavy atom. The van der Waals surface area contributed by atoms with Crippen LogP contribution >= 0.6 is 0 Å². The molecule has 2 aromatic rings. The van der Waals surface area contributed by atoms with Gasteiger partial charge in [-0.15, -0.1) is 5.10 Å². The second-order valence-electron chi connectivity index (χ2n) is 4.71. The number of nitrogens with zero attached hydrogens (tertiary/aromatic N) is 4. The number of hydrogen-bond acceptors (Lipinski definition) is 3. The van der Waals surface area contributed by atoms with E-state index in [0.717, 1.165) is 12.4 Å². The standard InChI is InChI=1S/C13H18N4/c1-10(2)11(3)13-14-15-16-17(13)9-12-7-5-4-6-8-12/h4-8,10-11H,9H2,1-3H3. The molecule has 2 rings (SSSR count). The summed E-state index contributed by atoms with van der Waals surface area (Å²) in [6.07, 6.45) is 0. The minimum Gasteiger partial charge on any atom is -0.225 e. The van der Waals surface area contributed by atoms with Gasteiger partial charge in [-0.25, -0.2) is 4.68 Å². The molecule has 1 aromatic carbocycles. The average Bonchev–Trinajstić information content (AvgIpc) is 2.77. The summed E-state index contributed by atoms with van der Waals surface area (Å²) in [6, 6.07) is 10.3. The van der Waals surface area contributed by atoms with E-state index >= 15 is 0 Å². The fourth-order valence-electron chi connectivity index (χ4n) is 1.70. The van der Waals surface area contributed by atoms with E-state index in [2.05, 4.69) is 48.4 Å². The van der Waals surface area contributed by atoms with Crippen LogP contribution < -0.4 is 0 Å². The van der Waals surface area contributed by atoms with Crippen molar-refractivity contribution in [3.63, 3.8) is 0 Å². The summed E-state index contributed by atoms with van der Waals surface area (Å²) in [4.78, 5) is 0. The van der Waals surface area contributed by atoms with Crippen molar-refractivity contribution in [2.24, 2.45) is 5.92 Å². The highest BCUT2D eigenvalue weighted by molar-refractivity contribution is 5.15. The van der Waals surface area contributed by atoms with E-state index in [4.69, 9.17) is 0 Å². The maximum absolute atomic E-state index is 4.14. The molecular formula is C13H18N4. The first-order valence-electron chi connectivity index (χ1n) is 5.98. The molecule has 0 spiro atoms. The molecule has 0 amide bonds. The van der Waals surface area contributed by atoms with Crippen molar-refractivity contribution < 1.29 is 0 Å². The first-order valence-corrected chi connectivity index (χ1v) is 5.98. The van der Waals surface area contributed by atoms with Gasteiger partial charge < -0.3 is 0 Å². The van der Waals surface area contributed by atoms with Gasteiger partial charge in [-0.05, 0) is 21.9 Å². The summed E-state index contributed by atoms with van der Waals surface area (Å²) in [6.45, 7) is 7.27. The minimum absolute atomic E-state index is 0.369. The Balaban J connectivity index is 2.20. The molecule has 4 nitrogen and oxygen atoms in total. The summed E-state index contributed by atoms with van der Waals surface area (Å²) < 4.78 is 1.89. The van der Waals surface area contributed by atoms with Gasteiger partial charge in [0.15, 0.2) is 5.82 Å². The average molecular weight is 230 g/mol. The molecule has 90 valence electrons. The topological polar surface area (TPSA) is 43.6 Å². The van der Waals surface area contributed by atoms with Gasteiger partial charge in [-0.2, -0.15) is 0 Å². The van der Waals surface area contributed by atoms with Crippen LogP contribution in [-0.4, -0.2) is 20.2 Å². The second kappa shape index (κ2) is 5.08. The first kappa shape index (κ1) is 11.8. The highest BCUT2D eigenvalue weighted by Gasteiger charge is 2.17. The lowest BCUT2D eigenvalue weighted by Gasteiger charge is -2.14. The number of aromatic nitrogens is 4. The Bertz CT molecular complexity index is 461. The summed E-state index contributed by atoms with van der Waals surface area (Å²) in [7, 11) is 0. The summed E-state index contributed by atoms with van der Waals surface area (Å²) >= 11 is 0. The third-order valence-corrected chi connectivity index (χ3v) is 3.14. The van der Waals surface area contributed by atoms with Crippen molar-refractivity contribution in [1.29, 1.82) is 0 Å². The Morgan fingerprint density at radius 2 is 1.82 bits per heavy atom. The van der Waals surface area contributed by atoms with Crippen molar-refractivity contribution in [3.05, 3.63) is 41.7 Å². The number of hydrogen-bond donors (Lipinski definition) is 0.